The Kier molecular flexibility index (Phi) is 3.86. The first-order chi connectivity index (χ1) is 9.66. The number of nitrogens with two attached hydrogens (primary N) is 1. The van der Waals surface area contributed by atoms with Crippen LogP contribution in [0, 0.1) is 17.3 Å². The van der Waals surface area contributed by atoms with Crippen LogP contribution in [-0.2, 0) is 14.4 Å². The van der Waals surface area contributed by atoms with Gasteiger partial charge in [0.2, 0.25) is 17.7 Å². The van der Waals surface area contributed by atoms with Crippen LogP contribution in [0.15, 0.2) is 0 Å². The van der Waals surface area contributed by atoms with Crippen LogP contribution in [0.3, 0.4) is 0 Å². The van der Waals surface area contributed by atoms with E-state index in [1.807, 2.05) is 13.8 Å². The summed E-state index contributed by atoms with van der Waals surface area (Å²) < 4.78 is 0. The molecule has 1 aliphatic carbocycles. The molecule has 2 fully saturated rings. The number of primary amides is 1. The standard InChI is InChI=1S/C15H25N3O3/c1-14(2)9-10(14)12(20)18(11(9)19)8-6-5-7-15(3,17-4)13(16)21/h9-10,17H,5-8H2,1-4H3,(H2,16,21). The molecule has 0 bridgehead atoms. The van der Waals surface area contributed by atoms with Gasteiger partial charge in [0, 0.05) is 6.54 Å². The third-order valence-electron chi connectivity index (χ3n) is 5.30. The number of nitrogens with one attached hydrogen (secondary N) is 1. The summed E-state index contributed by atoms with van der Waals surface area (Å²) in [5.74, 6) is -0.666. The molecule has 3 N–H and O–H groups in total. The minimum atomic E-state index is -0.733. The number of hydrogen-bond donors (Lipinski definition) is 2. The molecule has 0 aromatic carbocycles. The molecule has 1 heterocycles. The first kappa shape index (κ1) is 15.9. The third-order valence-corrected chi connectivity index (χ3v) is 5.30. The fourth-order valence-corrected chi connectivity index (χ4v) is 3.34. The van der Waals surface area contributed by atoms with Gasteiger partial charge in [-0.3, -0.25) is 19.3 Å². The molecule has 6 heteroatoms. The monoisotopic (exact) mass is 295 g/mol. The summed E-state index contributed by atoms with van der Waals surface area (Å²) in [7, 11) is 1.70. The van der Waals surface area contributed by atoms with Crippen LogP contribution >= 0.6 is 0 Å². The van der Waals surface area contributed by atoms with E-state index in [0.717, 1.165) is 6.42 Å². The number of nitrogens with zero attached hydrogens (tertiary/aromatic N) is 1. The van der Waals surface area contributed by atoms with Crippen molar-refractivity contribution in [2.75, 3.05) is 13.6 Å². The van der Waals surface area contributed by atoms with E-state index in [4.69, 9.17) is 5.73 Å². The van der Waals surface area contributed by atoms with E-state index in [1.165, 1.54) is 4.90 Å². The number of unbranched alkanes of at least 4 members (excludes halogenated alkanes) is 1. The molecule has 0 aromatic heterocycles. The van der Waals surface area contributed by atoms with Crippen molar-refractivity contribution in [3.63, 3.8) is 0 Å². The Morgan fingerprint density at radius 2 is 1.81 bits per heavy atom. The molecular formula is C15H25N3O3. The van der Waals surface area contributed by atoms with Crippen molar-refractivity contribution in [1.29, 1.82) is 0 Å². The van der Waals surface area contributed by atoms with Crippen LogP contribution in [-0.4, -0.2) is 41.8 Å². The normalized spacial score (nSPS) is 29.2. The molecule has 3 amide bonds. The molecule has 3 atom stereocenters. The smallest absolute Gasteiger partial charge is 0.237 e. The highest BCUT2D eigenvalue weighted by molar-refractivity contribution is 6.10. The van der Waals surface area contributed by atoms with Gasteiger partial charge < -0.3 is 11.1 Å². The zero-order valence-corrected chi connectivity index (χ0v) is 13.2. The average Bonchev–Trinajstić information content (AvgIpc) is 2.88. The Hall–Kier alpha value is -1.43. The van der Waals surface area contributed by atoms with Gasteiger partial charge in [-0.15, -0.1) is 0 Å². The molecule has 118 valence electrons. The second-order valence-corrected chi connectivity index (χ2v) is 7.01. The molecule has 1 saturated heterocycles. The van der Waals surface area contributed by atoms with E-state index in [9.17, 15) is 14.4 Å². The lowest BCUT2D eigenvalue weighted by molar-refractivity contribution is -0.143. The predicted molar refractivity (Wildman–Crippen MR) is 78.0 cm³/mol. The number of imide groups is 1. The number of hydrogen-bond acceptors (Lipinski definition) is 4. The maximum absolute atomic E-state index is 12.1. The van der Waals surface area contributed by atoms with E-state index < -0.39 is 5.54 Å². The number of rotatable bonds is 7. The lowest BCUT2D eigenvalue weighted by Crippen LogP contribution is -2.51. The third kappa shape index (κ3) is 2.46. The fourth-order valence-electron chi connectivity index (χ4n) is 3.34. The Morgan fingerprint density at radius 3 is 2.24 bits per heavy atom. The Bertz CT molecular complexity index is 465. The van der Waals surface area contributed by atoms with E-state index >= 15 is 0 Å². The van der Waals surface area contributed by atoms with Crippen molar-refractivity contribution in [3.8, 4) is 0 Å². The van der Waals surface area contributed by atoms with Crippen molar-refractivity contribution in [2.45, 2.75) is 45.6 Å². The number of carbonyl (C=O) groups excluding carboxylic acids is 3. The number of carbonyl (C=O) groups is 3. The van der Waals surface area contributed by atoms with Crippen molar-refractivity contribution in [1.82, 2.24) is 10.2 Å². The van der Waals surface area contributed by atoms with Crippen molar-refractivity contribution in [2.24, 2.45) is 23.0 Å². The zero-order chi connectivity index (χ0) is 16.0. The summed E-state index contributed by atoms with van der Waals surface area (Å²) in [6.07, 6.45) is 2.02. The van der Waals surface area contributed by atoms with Gasteiger partial charge in [-0.1, -0.05) is 13.8 Å². The second kappa shape index (κ2) is 5.09. The number of piperidine rings is 1. The quantitative estimate of drug-likeness (QED) is 0.520. The number of amides is 3. The van der Waals surface area contributed by atoms with Crippen LogP contribution in [0.1, 0.15) is 40.0 Å². The van der Waals surface area contributed by atoms with Crippen molar-refractivity contribution < 1.29 is 14.4 Å². The van der Waals surface area contributed by atoms with Gasteiger partial charge in [0.15, 0.2) is 0 Å². The molecule has 2 aliphatic rings. The molecule has 0 aromatic rings. The predicted octanol–water partition coefficient (Wildman–Crippen LogP) is 0.261. The average molecular weight is 295 g/mol. The molecule has 1 aliphatic heterocycles. The summed E-state index contributed by atoms with van der Waals surface area (Å²) in [6.45, 7) is 6.15. The van der Waals surface area contributed by atoms with Crippen molar-refractivity contribution in [3.05, 3.63) is 0 Å². The van der Waals surface area contributed by atoms with Crippen LogP contribution in [0.25, 0.3) is 0 Å². The zero-order valence-electron chi connectivity index (χ0n) is 13.2. The molecule has 3 unspecified atom stereocenters. The van der Waals surface area contributed by atoms with Gasteiger partial charge in [-0.25, -0.2) is 0 Å². The maximum Gasteiger partial charge on any atom is 0.237 e. The van der Waals surface area contributed by atoms with E-state index in [2.05, 4.69) is 5.32 Å². The summed E-state index contributed by atoms with van der Waals surface area (Å²) in [4.78, 5) is 37.1. The van der Waals surface area contributed by atoms with E-state index in [1.54, 1.807) is 14.0 Å². The molecule has 0 spiro atoms. The molecule has 21 heavy (non-hydrogen) atoms. The summed E-state index contributed by atoms with van der Waals surface area (Å²) in [5, 5.41) is 2.93. The van der Waals surface area contributed by atoms with Gasteiger partial charge in [0.05, 0.1) is 17.4 Å². The topological polar surface area (TPSA) is 92.5 Å². The molecule has 2 rings (SSSR count). The first-order valence-corrected chi connectivity index (χ1v) is 7.51. The highest BCUT2D eigenvalue weighted by atomic mass is 16.2. The maximum atomic E-state index is 12.1. The molecule has 0 radical (unpaired) electrons. The van der Waals surface area contributed by atoms with Crippen LogP contribution in [0.5, 0.6) is 0 Å². The van der Waals surface area contributed by atoms with Gasteiger partial charge >= 0.3 is 0 Å². The van der Waals surface area contributed by atoms with Crippen LogP contribution < -0.4 is 11.1 Å². The first-order valence-electron chi connectivity index (χ1n) is 7.51. The van der Waals surface area contributed by atoms with Gasteiger partial charge in [0.1, 0.15) is 0 Å². The number of likely N-dealkylation sites (N-methyl/N-ethyl adjacent to an activating group) is 1. The highest BCUT2D eigenvalue weighted by Gasteiger charge is 2.72. The Balaban J connectivity index is 1.80. The number of fused-ring (bicyclic) bond motifs is 1. The highest BCUT2D eigenvalue weighted by Crippen LogP contribution is 2.63. The van der Waals surface area contributed by atoms with Gasteiger partial charge in [-0.2, -0.15) is 0 Å². The number of likely N-dealkylation sites (tertiary alicyclic amines) is 1. The SMILES string of the molecule is CNC(C)(CCCCN1C(=O)C2C(C1=O)C2(C)C)C(N)=O. The van der Waals surface area contributed by atoms with Gasteiger partial charge in [0.25, 0.3) is 0 Å². The fraction of sp³-hybridized carbons (Fsp3) is 0.800. The summed E-state index contributed by atoms with van der Waals surface area (Å²) in [5.41, 5.74) is 4.48. The van der Waals surface area contributed by atoms with Gasteiger partial charge in [-0.05, 0) is 38.6 Å². The molecule has 1 saturated carbocycles. The van der Waals surface area contributed by atoms with Crippen LogP contribution in [0.2, 0.25) is 0 Å². The van der Waals surface area contributed by atoms with E-state index in [-0.39, 0.29) is 35.0 Å². The molecular weight excluding hydrogens is 270 g/mol. The summed E-state index contributed by atoms with van der Waals surface area (Å²) in [6, 6.07) is 0. The minimum absolute atomic E-state index is 0.0266. The lowest BCUT2D eigenvalue weighted by Gasteiger charge is -2.26. The molecule has 6 nitrogen and oxygen atoms in total. The Morgan fingerprint density at radius 1 is 1.29 bits per heavy atom. The van der Waals surface area contributed by atoms with Crippen LogP contribution in [0.4, 0.5) is 0 Å². The van der Waals surface area contributed by atoms with E-state index in [0.29, 0.717) is 19.4 Å². The van der Waals surface area contributed by atoms with Crippen molar-refractivity contribution >= 4 is 17.7 Å². The largest absolute Gasteiger partial charge is 0.368 e. The Labute approximate surface area is 125 Å². The second-order valence-electron chi connectivity index (χ2n) is 7.01. The lowest BCUT2D eigenvalue weighted by atomic mass is 9.94. The summed E-state index contributed by atoms with van der Waals surface area (Å²) >= 11 is 0. The minimum Gasteiger partial charge on any atom is -0.368 e.